The molecule has 0 spiro atoms. The van der Waals surface area contributed by atoms with Crippen molar-refractivity contribution >= 4 is 6.03 Å². The fourth-order valence-corrected chi connectivity index (χ4v) is 1.44. The number of hydrazine groups is 1. The van der Waals surface area contributed by atoms with Gasteiger partial charge >= 0.3 is 6.03 Å². The van der Waals surface area contributed by atoms with Gasteiger partial charge in [-0.25, -0.2) is 10.6 Å². The van der Waals surface area contributed by atoms with Crippen molar-refractivity contribution in [1.82, 2.24) is 10.3 Å². The molecule has 1 heterocycles. The summed E-state index contributed by atoms with van der Waals surface area (Å²) in [6.07, 6.45) is 2.26. The van der Waals surface area contributed by atoms with E-state index in [1.165, 1.54) is 0 Å². The minimum Gasteiger partial charge on any atom is -0.323 e. The Morgan fingerprint density at radius 2 is 2.55 bits per heavy atom. The molecule has 64 valence electrons. The van der Waals surface area contributed by atoms with Gasteiger partial charge in [0.25, 0.3) is 0 Å². The molecule has 4 heteroatoms. The first-order valence-electron chi connectivity index (χ1n) is 4.03. The van der Waals surface area contributed by atoms with Gasteiger partial charge in [0.15, 0.2) is 0 Å². The minimum atomic E-state index is -0.152. The molecule has 4 nitrogen and oxygen atoms in total. The Balaban J connectivity index is 2.35. The van der Waals surface area contributed by atoms with Crippen LogP contribution in [0.4, 0.5) is 4.79 Å². The highest BCUT2D eigenvalue weighted by atomic mass is 16.2. The lowest BCUT2D eigenvalue weighted by atomic mass is 10.1. The molecule has 0 aromatic heterocycles. The van der Waals surface area contributed by atoms with Crippen molar-refractivity contribution in [2.45, 2.75) is 19.8 Å². The van der Waals surface area contributed by atoms with Crippen molar-refractivity contribution < 1.29 is 4.79 Å². The van der Waals surface area contributed by atoms with Crippen LogP contribution in [0.5, 0.6) is 0 Å². The normalized spacial score (nSPS) is 23.8. The van der Waals surface area contributed by atoms with Gasteiger partial charge in [-0.15, -0.1) is 0 Å². The number of carbonyl (C=O) groups excluding carboxylic acids is 1. The average molecular weight is 157 g/mol. The zero-order chi connectivity index (χ0) is 8.27. The smallest absolute Gasteiger partial charge is 0.323 e. The summed E-state index contributed by atoms with van der Waals surface area (Å²) in [5.74, 6) is 5.67. The topological polar surface area (TPSA) is 58.4 Å². The number of nitrogens with zero attached hydrogens (tertiary/aromatic N) is 1. The summed E-state index contributed by atoms with van der Waals surface area (Å²) in [4.78, 5) is 12.7. The fraction of sp³-hybridized carbons (Fsp3) is 0.857. The molecule has 1 atom stereocenters. The predicted molar refractivity (Wildman–Crippen MR) is 42.7 cm³/mol. The SMILES string of the molecule is CCC1CCN(C(=O)NN)C1. The van der Waals surface area contributed by atoms with Crippen LogP contribution in [-0.4, -0.2) is 24.0 Å². The van der Waals surface area contributed by atoms with Crippen LogP contribution in [0.2, 0.25) is 0 Å². The second kappa shape index (κ2) is 3.57. The number of carbonyl (C=O) groups is 1. The Morgan fingerprint density at radius 3 is 3.00 bits per heavy atom. The Bertz CT molecular complexity index is 149. The van der Waals surface area contributed by atoms with Crippen molar-refractivity contribution in [1.29, 1.82) is 0 Å². The summed E-state index contributed by atoms with van der Waals surface area (Å²) in [7, 11) is 0. The zero-order valence-electron chi connectivity index (χ0n) is 6.84. The van der Waals surface area contributed by atoms with Crippen LogP contribution < -0.4 is 11.3 Å². The molecule has 0 aliphatic carbocycles. The molecule has 1 aliphatic rings. The summed E-state index contributed by atoms with van der Waals surface area (Å²) in [6.45, 7) is 3.86. The molecular weight excluding hydrogens is 142 g/mol. The fourth-order valence-electron chi connectivity index (χ4n) is 1.44. The lowest BCUT2D eigenvalue weighted by molar-refractivity contribution is 0.207. The van der Waals surface area contributed by atoms with E-state index in [0.29, 0.717) is 5.92 Å². The van der Waals surface area contributed by atoms with Crippen molar-refractivity contribution in [3.05, 3.63) is 0 Å². The van der Waals surface area contributed by atoms with Gasteiger partial charge in [0.1, 0.15) is 0 Å². The molecule has 1 aliphatic heterocycles. The van der Waals surface area contributed by atoms with Gasteiger partial charge in [0.2, 0.25) is 0 Å². The number of urea groups is 1. The molecule has 2 amide bonds. The van der Waals surface area contributed by atoms with Crippen LogP contribution in [0.15, 0.2) is 0 Å². The van der Waals surface area contributed by atoms with Gasteiger partial charge in [-0.2, -0.15) is 0 Å². The summed E-state index contributed by atoms with van der Waals surface area (Å²) in [6, 6.07) is -0.152. The Hall–Kier alpha value is -0.770. The summed E-state index contributed by atoms with van der Waals surface area (Å²) < 4.78 is 0. The van der Waals surface area contributed by atoms with Crippen LogP contribution >= 0.6 is 0 Å². The molecule has 1 unspecified atom stereocenters. The van der Waals surface area contributed by atoms with Gasteiger partial charge < -0.3 is 4.90 Å². The third-order valence-corrected chi connectivity index (χ3v) is 2.27. The van der Waals surface area contributed by atoms with E-state index in [1.807, 2.05) is 0 Å². The Morgan fingerprint density at radius 1 is 1.82 bits per heavy atom. The van der Waals surface area contributed by atoms with E-state index in [9.17, 15) is 4.79 Å². The van der Waals surface area contributed by atoms with Crippen LogP contribution in [-0.2, 0) is 0 Å². The average Bonchev–Trinajstić information content (AvgIpc) is 2.50. The van der Waals surface area contributed by atoms with Crippen LogP contribution in [0.25, 0.3) is 0 Å². The quantitative estimate of drug-likeness (QED) is 0.327. The molecule has 11 heavy (non-hydrogen) atoms. The number of rotatable bonds is 1. The molecule has 3 N–H and O–H groups in total. The first kappa shape index (κ1) is 8.33. The van der Waals surface area contributed by atoms with Crippen LogP contribution in [0, 0.1) is 5.92 Å². The van der Waals surface area contributed by atoms with E-state index in [1.54, 1.807) is 4.90 Å². The molecule has 0 radical (unpaired) electrons. The van der Waals surface area contributed by atoms with E-state index in [0.717, 1.165) is 25.9 Å². The van der Waals surface area contributed by atoms with Gasteiger partial charge in [-0.05, 0) is 12.3 Å². The molecule has 0 saturated carbocycles. The highest BCUT2D eigenvalue weighted by Gasteiger charge is 2.23. The summed E-state index contributed by atoms with van der Waals surface area (Å²) in [5, 5.41) is 0. The molecule has 1 rings (SSSR count). The number of likely N-dealkylation sites (tertiary alicyclic amines) is 1. The number of hydrogen-bond donors (Lipinski definition) is 2. The van der Waals surface area contributed by atoms with Crippen LogP contribution in [0.3, 0.4) is 0 Å². The standard InChI is InChI=1S/C7H15N3O/c1-2-6-3-4-10(5-6)7(11)9-8/h6H,2-5,8H2,1H3,(H,9,11). The molecular formula is C7H15N3O. The molecule has 0 aromatic rings. The third kappa shape index (κ3) is 1.83. The number of hydrogen-bond acceptors (Lipinski definition) is 2. The monoisotopic (exact) mass is 157 g/mol. The first-order chi connectivity index (χ1) is 5.27. The van der Waals surface area contributed by atoms with Crippen molar-refractivity contribution in [3.63, 3.8) is 0 Å². The van der Waals surface area contributed by atoms with Gasteiger partial charge in [0.05, 0.1) is 0 Å². The van der Waals surface area contributed by atoms with Crippen LogP contribution in [0.1, 0.15) is 19.8 Å². The first-order valence-corrected chi connectivity index (χ1v) is 4.03. The highest BCUT2D eigenvalue weighted by Crippen LogP contribution is 2.18. The number of nitrogens with two attached hydrogens (primary N) is 1. The third-order valence-electron chi connectivity index (χ3n) is 2.27. The van der Waals surface area contributed by atoms with Gasteiger partial charge in [-0.3, -0.25) is 5.43 Å². The predicted octanol–water partition coefficient (Wildman–Crippen LogP) is 0.302. The van der Waals surface area contributed by atoms with Gasteiger partial charge in [0, 0.05) is 13.1 Å². The van der Waals surface area contributed by atoms with Crippen molar-refractivity contribution in [2.24, 2.45) is 11.8 Å². The lowest BCUT2D eigenvalue weighted by Crippen LogP contribution is -2.42. The summed E-state index contributed by atoms with van der Waals surface area (Å²) in [5.41, 5.74) is 2.14. The van der Waals surface area contributed by atoms with E-state index in [2.05, 4.69) is 12.3 Å². The van der Waals surface area contributed by atoms with E-state index in [4.69, 9.17) is 5.84 Å². The van der Waals surface area contributed by atoms with E-state index in [-0.39, 0.29) is 6.03 Å². The Labute approximate surface area is 66.7 Å². The lowest BCUT2D eigenvalue weighted by Gasteiger charge is -2.14. The molecule has 0 bridgehead atoms. The summed E-state index contributed by atoms with van der Waals surface area (Å²) >= 11 is 0. The minimum absolute atomic E-state index is 0.152. The van der Waals surface area contributed by atoms with Gasteiger partial charge in [-0.1, -0.05) is 13.3 Å². The maximum absolute atomic E-state index is 11.0. The zero-order valence-corrected chi connectivity index (χ0v) is 6.84. The van der Waals surface area contributed by atoms with E-state index >= 15 is 0 Å². The van der Waals surface area contributed by atoms with E-state index < -0.39 is 0 Å². The maximum atomic E-state index is 11.0. The second-order valence-corrected chi connectivity index (χ2v) is 2.96. The molecule has 1 saturated heterocycles. The van der Waals surface area contributed by atoms with Crippen molar-refractivity contribution in [3.8, 4) is 0 Å². The second-order valence-electron chi connectivity index (χ2n) is 2.96. The molecule has 1 fully saturated rings. The largest absolute Gasteiger partial charge is 0.331 e. The van der Waals surface area contributed by atoms with Crippen molar-refractivity contribution in [2.75, 3.05) is 13.1 Å². The molecule has 0 aromatic carbocycles. The number of nitrogens with one attached hydrogen (secondary N) is 1. The Kier molecular flexibility index (Phi) is 2.70. The number of amides is 2. The maximum Gasteiger partial charge on any atom is 0.331 e. The highest BCUT2D eigenvalue weighted by molar-refractivity contribution is 5.73.